The van der Waals surface area contributed by atoms with E-state index in [0.717, 1.165) is 15.6 Å². The van der Waals surface area contributed by atoms with E-state index in [4.69, 9.17) is 23.2 Å². The van der Waals surface area contributed by atoms with Gasteiger partial charge in [-0.3, -0.25) is 23.7 Å². The molecule has 0 aliphatic carbocycles. The van der Waals surface area contributed by atoms with Gasteiger partial charge >= 0.3 is 5.69 Å². The van der Waals surface area contributed by atoms with Crippen LogP contribution >= 0.6 is 23.2 Å². The zero-order valence-corrected chi connectivity index (χ0v) is 20.2. The van der Waals surface area contributed by atoms with E-state index >= 15 is 0 Å². The van der Waals surface area contributed by atoms with Crippen molar-refractivity contribution in [2.45, 2.75) is 39.3 Å². The van der Waals surface area contributed by atoms with Gasteiger partial charge in [0.25, 0.3) is 5.56 Å². The Morgan fingerprint density at radius 3 is 2.44 bits per heavy atom. The van der Waals surface area contributed by atoms with Crippen LogP contribution in [0.3, 0.4) is 0 Å². The Balaban J connectivity index is 2.11. The Labute approximate surface area is 206 Å². The molecular weight excluding hydrogens is 477 g/mol. The minimum absolute atomic E-state index is 0.140. The first-order valence-electron chi connectivity index (χ1n) is 10.9. The number of aromatic nitrogens is 2. The number of benzene rings is 2. The SMILES string of the molecule is CCCCn1c(=O)c(C=Nc2ccc(Cl)cc2C(=O)c2ccccc2)c(O)n(CCCCl)c1=O. The number of aromatic hydroxyl groups is 1. The van der Waals surface area contributed by atoms with Crippen LogP contribution in [0.15, 0.2) is 63.1 Å². The van der Waals surface area contributed by atoms with Crippen molar-refractivity contribution in [3.63, 3.8) is 0 Å². The number of carbonyl (C=O) groups excluding carboxylic acids is 1. The molecule has 0 unspecified atom stereocenters. The van der Waals surface area contributed by atoms with Gasteiger partial charge in [-0.05, 0) is 31.0 Å². The molecule has 34 heavy (non-hydrogen) atoms. The lowest BCUT2D eigenvalue weighted by Crippen LogP contribution is -2.41. The third-order valence-electron chi connectivity index (χ3n) is 5.26. The molecule has 3 rings (SSSR count). The summed E-state index contributed by atoms with van der Waals surface area (Å²) in [6.45, 7) is 2.32. The summed E-state index contributed by atoms with van der Waals surface area (Å²) in [6, 6.07) is 13.3. The van der Waals surface area contributed by atoms with Crippen molar-refractivity contribution in [3.8, 4) is 5.88 Å². The van der Waals surface area contributed by atoms with Crippen LogP contribution in [0.4, 0.5) is 5.69 Å². The second-order valence-corrected chi connectivity index (χ2v) is 8.45. The maximum absolute atomic E-state index is 13.0. The van der Waals surface area contributed by atoms with E-state index in [0.29, 0.717) is 29.3 Å². The molecule has 3 aromatic rings. The topological polar surface area (TPSA) is 93.7 Å². The minimum atomic E-state index is -0.647. The number of alkyl halides is 1. The number of aliphatic imine (C=N–C) groups is 1. The quantitative estimate of drug-likeness (QED) is 0.245. The third-order valence-corrected chi connectivity index (χ3v) is 5.76. The summed E-state index contributed by atoms with van der Waals surface area (Å²) < 4.78 is 2.22. The van der Waals surface area contributed by atoms with Gasteiger partial charge < -0.3 is 5.11 Å². The lowest BCUT2D eigenvalue weighted by atomic mass is 10.0. The second kappa shape index (κ2) is 11.8. The number of nitrogens with zero attached hydrogens (tertiary/aromatic N) is 3. The summed E-state index contributed by atoms with van der Waals surface area (Å²) in [7, 11) is 0. The van der Waals surface area contributed by atoms with Crippen LogP contribution in [0.5, 0.6) is 5.88 Å². The Hall–Kier alpha value is -3.16. The molecule has 1 heterocycles. The standard InChI is InChI=1S/C25H25Cl2N3O4/c1-2-3-13-29-23(32)20(24(33)30(25(29)34)14-7-12-26)16-28-21-11-10-18(27)15-19(21)22(31)17-8-5-4-6-9-17/h4-6,8-11,15-16,33H,2-3,7,12-14H2,1H3. The van der Waals surface area contributed by atoms with Crippen molar-refractivity contribution in [2.75, 3.05) is 5.88 Å². The van der Waals surface area contributed by atoms with E-state index in [1.807, 2.05) is 6.92 Å². The van der Waals surface area contributed by atoms with E-state index in [2.05, 4.69) is 4.99 Å². The predicted octanol–water partition coefficient (Wildman–Crippen LogP) is 4.78. The molecule has 0 amide bonds. The lowest BCUT2D eigenvalue weighted by Gasteiger charge is -2.14. The molecular formula is C25H25Cl2N3O4. The molecule has 0 saturated carbocycles. The van der Waals surface area contributed by atoms with Crippen LogP contribution < -0.4 is 11.2 Å². The van der Waals surface area contributed by atoms with Gasteiger partial charge in [-0.25, -0.2) is 4.79 Å². The van der Waals surface area contributed by atoms with Crippen LogP contribution in [0, 0.1) is 0 Å². The number of hydrogen-bond acceptors (Lipinski definition) is 5. The molecule has 0 aliphatic rings. The summed E-state index contributed by atoms with van der Waals surface area (Å²) >= 11 is 11.9. The fraction of sp³-hybridized carbons (Fsp3) is 0.280. The molecule has 7 nitrogen and oxygen atoms in total. The van der Waals surface area contributed by atoms with Gasteiger partial charge in [-0.1, -0.05) is 55.3 Å². The Kier molecular flexibility index (Phi) is 8.85. The number of unbranched alkanes of at least 4 members (excludes halogenated alkanes) is 1. The van der Waals surface area contributed by atoms with Crippen LogP contribution in [0.2, 0.25) is 5.02 Å². The molecule has 0 radical (unpaired) electrons. The molecule has 0 saturated heterocycles. The first-order chi connectivity index (χ1) is 16.4. The highest BCUT2D eigenvalue weighted by atomic mass is 35.5. The highest BCUT2D eigenvalue weighted by Gasteiger charge is 2.18. The average molecular weight is 502 g/mol. The van der Waals surface area contributed by atoms with Crippen molar-refractivity contribution >= 4 is 40.9 Å². The summed E-state index contributed by atoms with van der Waals surface area (Å²) in [5.74, 6) is -0.479. The number of halogens is 2. The lowest BCUT2D eigenvalue weighted by molar-refractivity contribution is 0.103. The fourth-order valence-electron chi connectivity index (χ4n) is 3.44. The zero-order chi connectivity index (χ0) is 24.7. The van der Waals surface area contributed by atoms with Crippen molar-refractivity contribution in [3.05, 3.63) is 91.1 Å². The van der Waals surface area contributed by atoms with Gasteiger partial charge in [0.15, 0.2) is 5.78 Å². The molecule has 0 fully saturated rings. The highest BCUT2D eigenvalue weighted by Crippen LogP contribution is 2.26. The largest absolute Gasteiger partial charge is 0.494 e. The molecule has 0 spiro atoms. The minimum Gasteiger partial charge on any atom is -0.494 e. The Morgan fingerprint density at radius 1 is 1.06 bits per heavy atom. The van der Waals surface area contributed by atoms with Crippen LogP contribution in [0.25, 0.3) is 0 Å². The normalized spacial score (nSPS) is 11.3. The number of rotatable bonds is 10. The number of hydrogen-bond donors (Lipinski definition) is 1. The predicted molar refractivity (Wildman–Crippen MR) is 135 cm³/mol. The average Bonchev–Trinajstić information content (AvgIpc) is 2.84. The molecule has 1 aromatic heterocycles. The molecule has 0 aliphatic heterocycles. The van der Waals surface area contributed by atoms with Crippen molar-refractivity contribution in [1.82, 2.24) is 9.13 Å². The Morgan fingerprint density at radius 2 is 1.76 bits per heavy atom. The number of ketones is 1. The summed E-state index contributed by atoms with van der Waals surface area (Å²) in [4.78, 5) is 43.2. The van der Waals surface area contributed by atoms with Crippen molar-refractivity contribution in [1.29, 1.82) is 0 Å². The van der Waals surface area contributed by atoms with E-state index in [1.165, 1.54) is 12.3 Å². The molecule has 0 bridgehead atoms. The van der Waals surface area contributed by atoms with E-state index in [1.54, 1.807) is 42.5 Å². The van der Waals surface area contributed by atoms with E-state index in [-0.39, 0.29) is 35.7 Å². The van der Waals surface area contributed by atoms with E-state index < -0.39 is 17.1 Å². The Bertz CT molecular complexity index is 1310. The van der Waals surface area contributed by atoms with Crippen molar-refractivity contribution in [2.24, 2.45) is 4.99 Å². The maximum atomic E-state index is 13.0. The number of carbonyl (C=O) groups is 1. The second-order valence-electron chi connectivity index (χ2n) is 7.64. The van der Waals surface area contributed by atoms with Crippen molar-refractivity contribution < 1.29 is 9.90 Å². The first kappa shape index (κ1) is 25.5. The monoisotopic (exact) mass is 501 g/mol. The summed E-state index contributed by atoms with van der Waals surface area (Å²) in [5.41, 5.74) is -0.401. The molecule has 1 N–H and O–H groups in total. The van der Waals surface area contributed by atoms with E-state index in [9.17, 15) is 19.5 Å². The summed E-state index contributed by atoms with van der Waals surface area (Å²) in [6.07, 6.45) is 3.03. The highest BCUT2D eigenvalue weighted by molar-refractivity contribution is 6.31. The van der Waals surface area contributed by atoms with Crippen LogP contribution in [-0.4, -0.2) is 32.1 Å². The molecule has 9 heteroatoms. The maximum Gasteiger partial charge on any atom is 0.333 e. The van der Waals surface area contributed by atoms with Gasteiger partial charge in [-0.15, -0.1) is 11.6 Å². The third kappa shape index (κ3) is 5.66. The van der Waals surface area contributed by atoms with Gasteiger partial charge in [0.1, 0.15) is 5.56 Å². The van der Waals surface area contributed by atoms with Gasteiger partial charge in [0.2, 0.25) is 5.88 Å². The molecule has 2 aromatic carbocycles. The molecule has 0 atom stereocenters. The zero-order valence-electron chi connectivity index (χ0n) is 18.7. The summed E-state index contributed by atoms with van der Waals surface area (Å²) in [5, 5.41) is 11.1. The van der Waals surface area contributed by atoms with Crippen LogP contribution in [0.1, 0.15) is 47.7 Å². The first-order valence-corrected chi connectivity index (χ1v) is 11.9. The van der Waals surface area contributed by atoms with Gasteiger partial charge in [0.05, 0.1) is 5.69 Å². The fourth-order valence-corrected chi connectivity index (χ4v) is 3.73. The smallest absolute Gasteiger partial charge is 0.333 e. The van der Waals surface area contributed by atoms with Crippen LogP contribution in [-0.2, 0) is 13.1 Å². The van der Waals surface area contributed by atoms with Gasteiger partial charge in [0, 0.05) is 41.3 Å². The van der Waals surface area contributed by atoms with Gasteiger partial charge in [-0.2, -0.15) is 0 Å². The molecule has 178 valence electrons.